The first kappa shape index (κ1) is 44.5. The van der Waals surface area contributed by atoms with Crippen LogP contribution >= 0.6 is 0 Å². The number of unbranched alkanes of at least 4 members (excludes halogenated alkanes) is 1. The Morgan fingerprint density at radius 2 is 1.79 bits per heavy atom. The normalized spacial score (nSPS) is 30.0. The molecule has 5 rings (SSSR count). The Morgan fingerprint density at radius 1 is 1.03 bits per heavy atom. The number of amides is 5. The van der Waals surface area contributed by atoms with Gasteiger partial charge in [0.15, 0.2) is 23.5 Å². The molecule has 4 aliphatic rings. The molecule has 1 aromatic carbocycles. The van der Waals surface area contributed by atoms with Crippen LogP contribution in [0.25, 0.3) is 0 Å². The van der Waals surface area contributed by atoms with Crippen molar-refractivity contribution in [3.05, 3.63) is 53.6 Å². The zero-order valence-electron chi connectivity index (χ0n) is 33.9. The fourth-order valence-corrected chi connectivity index (χ4v) is 9.33. The Hall–Kier alpha value is -4.64. The molecule has 2 saturated carbocycles. The summed E-state index contributed by atoms with van der Waals surface area (Å²) in [6.45, 7) is 7.50. The predicted molar refractivity (Wildman–Crippen MR) is 212 cm³/mol. The minimum Gasteiger partial charge on any atom is -0.445 e. The standard InChI is InChI=1S/C42H59N5O11/c1-5-8-36-57-24-42(58-36,41(4)20-32(49)37-31(26(41)2)15-12-28-19-30(48)16-17-40(28,37)3)33(50)23-55-25-46-35(52)21-45-39(54)56-22-27-10-13-29(14-11-27)47-34(51)9-6-7-18-44-38(43)53/h10-11,13-14,16-17,19,26,31-32,36-37,49H,5-9,12,15,18,20-25H2,1-4H3,(H,45,54)(H,46,52)(H,47,51)(H3,43,44,53)/t26?,31-,32-,36?,37?,40-,41-,42-/m0/s1. The summed E-state index contributed by atoms with van der Waals surface area (Å²) >= 11 is 0. The monoisotopic (exact) mass is 809 g/mol. The molecule has 0 aromatic heterocycles. The van der Waals surface area contributed by atoms with Gasteiger partial charge in [-0.25, -0.2) is 9.59 Å². The van der Waals surface area contributed by atoms with Crippen molar-refractivity contribution in [2.24, 2.45) is 34.3 Å². The molecule has 1 heterocycles. The molecule has 3 fully saturated rings. The summed E-state index contributed by atoms with van der Waals surface area (Å²) in [6.07, 6.45) is 7.73. The first-order valence-corrected chi connectivity index (χ1v) is 20.2. The molecule has 5 amide bonds. The molecule has 1 aromatic rings. The van der Waals surface area contributed by atoms with Crippen molar-refractivity contribution in [3.63, 3.8) is 0 Å². The Bertz CT molecular complexity index is 1750. The van der Waals surface area contributed by atoms with Gasteiger partial charge in [0.05, 0.1) is 12.7 Å². The summed E-state index contributed by atoms with van der Waals surface area (Å²) in [5.41, 5.74) is 4.61. The van der Waals surface area contributed by atoms with E-state index in [4.69, 9.17) is 24.7 Å². The number of carbonyl (C=O) groups excluding carboxylic acids is 6. The third-order valence-electron chi connectivity index (χ3n) is 12.6. The molecule has 16 heteroatoms. The van der Waals surface area contributed by atoms with Crippen LogP contribution in [0, 0.1) is 28.6 Å². The van der Waals surface area contributed by atoms with Gasteiger partial charge in [0.25, 0.3) is 0 Å². The number of alkyl carbamates (subject to hydrolysis) is 1. The number of anilines is 1. The topological polar surface area (TPSA) is 234 Å². The lowest BCUT2D eigenvalue weighted by molar-refractivity contribution is -0.208. The second-order valence-electron chi connectivity index (χ2n) is 16.3. The molecule has 16 nitrogen and oxygen atoms in total. The highest BCUT2D eigenvalue weighted by atomic mass is 16.7. The first-order chi connectivity index (χ1) is 27.6. The van der Waals surface area contributed by atoms with E-state index < -0.39 is 53.4 Å². The van der Waals surface area contributed by atoms with Gasteiger partial charge >= 0.3 is 12.1 Å². The van der Waals surface area contributed by atoms with Crippen molar-refractivity contribution in [3.8, 4) is 0 Å². The van der Waals surface area contributed by atoms with Gasteiger partial charge in [0.2, 0.25) is 11.8 Å². The second-order valence-corrected chi connectivity index (χ2v) is 16.3. The number of nitrogens with two attached hydrogens (primary N) is 1. The third kappa shape index (κ3) is 10.1. The second kappa shape index (κ2) is 19.4. The minimum absolute atomic E-state index is 0.0147. The zero-order chi connectivity index (χ0) is 42.1. The van der Waals surface area contributed by atoms with Gasteiger partial charge in [-0.15, -0.1) is 0 Å². The summed E-state index contributed by atoms with van der Waals surface area (Å²) in [4.78, 5) is 74.1. The fourth-order valence-electron chi connectivity index (χ4n) is 9.33. The highest BCUT2D eigenvalue weighted by Gasteiger charge is 2.67. The van der Waals surface area contributed by atoms with Gasteiger partial charge < -0.3 is 51.1 Å². The molecule has 318 valence electrons. The van der Waals surface area contributed by atoms with Crippen LogP contribution in [0.1, 0.15) is 84.6 Å². The summed E-state index contributed by atoms with van der Waals surface area (Å²) < 4.78 is 23.5. The molecular formula is C42H59N5O11. The maximum Gasteiger partial charge on any atom is 0.407 e. The number of hydrogen-bond donors (Lipinski definition) is 6. The molecule has 0 radical (unpaired) electrons. The maximum absolute atomic E-state index is 14.3. The van der Waals surface area contributed by atoms with E-state index in [-0.39, 0.29) is 74.6 Å². The van der Waals surface area contributed by atoms with Crippen LogP contribution in [0.2, 0.25) is 0 Å². The van der Waals surface area contributed by atoms with Crippen molar-refractivity contribution in [2.75, 3.05) is 38.4 Å². The summed E-state index contributed by atoms with van der Waals surface area (Å²) in [5.74, 6) is -1.25. The van der Waals surface area contributed by atoms with Crippen molar-refractivity contribution in [1.29, 1.82) is 0 Å². The number of ketones is 2. The van der Waals surface area contributed by atoms with E-state index >= 15 is 0 Å². The molecule has 1 aliphatic heterocycles. The molecule has 3 aliphatic carbocycles. The van der Waals surface area contributed by atoms with E-state index in [2.05, 4.69) is 35.1 Å². The van der Waals surface area contributed by atoms with E-state index in [1.807, 2.05) is 19.9 Å². The molecule has 58 heavy (non-hydrogen) atoms. The smallest absolute Gasteiger partial charge is 0.407 e. The predicted octanol–water partition coefficient (Wildman–Crippen LogP) is 3.77. The largest absolute Gasteiger partial charge is 0.445 e. The van der Waals surface area contributed by atoms with Crippen LogP contribution in [-0.4, -0.2) is 91.6 Å². The zero-order valence-corrected chi connectivity index (χ0v) is 33.9. The van der Waals surface area contributed by atoms with Gasteiger partial charge in [-0.3, -0.25) is 19.2 Å². The van der Waals surface area contributed by atoms with Crippen LogP contribution < -0.4 is 27.0 Å². The van der Waals surface area contributed by atoms with Crippen molar-refractivity contribution in [2.45, 2.75) is 104 Å². The Kier molecular flexibility index (Phi) is 14.9. The Labute approximate surface area is 339 Å². The maximum atomic E-state index is 14.3. The summed E-state index contributed by atoms with van der Waals surface area (Å²) in [5, 5.41) is 22.1. The van der Waals surface area contributed by atoms with Gasteiger partial charge in [-0.2, -0.15) is 0 Å². The van der Waals surface area contributed by atoms with E-state index in [1.165, 1.54) is 0 Å². The van der Waals surface area contributed by atoms with E-state index in [1.54, 1.807) is 36.4 Å². The average molecular weight is 810 g/mol. The van der Waals surface area contributed by atoms with Crippen LogP contribution in [0.5, 0.6) is 0 Å². The molecular weight excluding hydrogens is 750 g/mol. The van der Waals surface area contributed by atoms with E-state index in [0.29, 0.717) is 37.1 Å². The minimum atomic E-state index is -1.40. The highest BCUT2D eigenvalue weighted by molar-refractivity contribution is 6.01. The number of primary amides is 1. The number of hydrogen-bond acceptors (Lipinski definition) is 11. The van der Waals surface area contributed by atoms with Crippen molar-refractivity contribution < 1.29 is 52.8 Å². The number of allylic oxidation sites excluding steroid dienone is 4. The lowest BCUT2D eigenvalue weighted by Crippen LogP contribution is -2.66. The lowest BCUT2D eigenvalue weighted by Gasteiger charge is -2.61. The third-order valence-corrected chi connectivity index (χ3v) is 12.6. The van der Waals surface area contributed by atoms with E-state index in [0.717, 1.165) is 24.8 Å². The van der Waals surface area contributed by atoms with Crippen LogP contribution in [0.15, 0.2) is 48.1 Å². The Balaban J connectivity index is 1.07. The lowest BCUT2D eigenvalue weighted by atomic mass is 9.44. The number of aliphatic hydroxyl groups is 1. The number of urea groups is 1. The van der Waals surface area contributed by atoms with Crippen molar-refractivity contribution >= 4 is 41.2 Å². The van der Waals surface area contributed by atoms with Gasteiger partial charge in [0, 0.05) is 35.4 Å². The molecule has 8 atom stereocenters. The number of nitrogens with one attached hydrogen (secondary N) is 4. The number of Topliss-reactive ketones (excluding diaryl/α,β-unsaturated/α-hetero) is 1. The number of ether oxygens (including phenoxy) is 4. The first-order valence-electron chi connectivity index (χ1n) is 20.2. The molecule has 0 spiro atoms. The SMILES string of the molecule is CCCC1OC[C@](C(=O)COCNC(=O)CNC(=O)OCc2ccc(NC(=O)CCCCNC(N)=O)cc2)([C@@]2(C)C[C@H](O)C3[C@@H](CCC4=CC(=O)C=C[C@@]43C)C2C)O1. The number of benzene rings is 1. The van der Waals surface area contributed by atoms with Crippen LogP contribution in [0.4, 0.5) is 15.3 Å². The van der Waals surface area contributed by atoms with Gasteiger partial charge in [0.1, 0.15) is 26.5 Å². The fraction of sp³-hybridized carbons (Fsp3) is 0.619. The van der Waals surface area contributed by atoms with E-state index in [9.17, 15) is 33.9 Å². The van der Waals surface area contributed by atoms with Gasteiger partial charge in [-0.05, 0) is 80.2 Å². The number of rotatable bonds is 18. The number of aliphatic hydroxyl groups excluding tert-OH is 1. The van der Waals surface area contributed by atoms with Crippen LogP contribution in [0.3, 0.4) is 0 Å². The number of fused-ring (bicyclic) bond motifs is 3. The molecule has 0 bridgehead atoms. The quantitative estimate of drug-likeness (QED) is 0.0923. The number of carbonyl (C=O) groups is 6. The summed E-state index contributed by atoms with van der Waals surface area (Å²) in [6, 6.07) is 6.14. The van der Waals surface area contributed by atoms with Crippen LogP contribution in [-0.2, 0) is 44.7 Å². The molecule has 7 N–H and O–H groups in total. The Morgan fingerprint density at radius 3 is 2.52 bits per heavy atom. The highest BCUT2D eigenvalue weighted by Crippen LogP contribution is 2.64. The molecule has 1 saturated heterocycles. The molecule has 3 unspecified atom stereocenters. The van der Waals surface area contributed by atoms with Gasteiger partial charge in [-0.1, -0.05) is 57.9 Å². The van der Waals surface area contributed by atoms with Crippen molar-refractivity contribution in [1.82, 2.24) is 16.0 Å². The summed E-state index contributed by atoms with van der Waals surface area (Å²) in [7, 11) is 0. The average Bonchev–Trinajstić information content (AvgIpc) is 3.63.